The number of nitrogens with zero attached hydrogens (tertiary/aromatic N) is 1. The molecule has 1 amide bonds. The SMILES string of the molecule is O=C(c1ccccc1OC(F)(F)C(F)F)N1[C@@H]2CCNC[C@H]1CC2. The molecule has 2 aliphatic heterocycles. The average molecular weight is 346 g/mol. The van der Waals surface area contributed by atoms with Crippen LogP contribution in [0.15, 0.2) is 24.3 Å². The van der Waals surface area contributed by atoms with Crippen molar-refractivity contribution in [1.82, 2.24) is 10.2 Å². The van der Waals surface area contributed by atoms with Crippen LogP contribution in [0, 0.1) is 0 Å². The van der Waals surface area contributed by atoms with E-state index in [-0.39, 0.29) is 17.6 Å². The van der Waals surface area contributed by atoms with E-state index in [4.69, 9.17) is 0 Å². The van der Waals surface area contributed by atoms with Crippen LogP contribution in [0.5, 0.6) is 5.75 Å². The van der Waals surface area contributed by atoms with Gasteiger partial charge in [0, 0.05) is 18.6 Å². The van der Waals surface area contributed by atoms with Gasteiger partial charge < -0.3 is 15.0 Å². The molecule has 1 aromatic rings. The first-order chi connectivity index (χ1) is 11.4. The first kappa shape index (κ1) is 17.0. The lowest BCUT2D eigenvalue weighted by Crippen LogP contribution is -2.43. The van der Waals surface area contributed by atoms with E-state index in [9.17, 15) is 22.4 Å². The molecule has 0 aliphatic carbocycles. The zero-order chi connectivity index (χ0) is 17.3. The third-order valence-corrected chi connectivity index (χ3v) is 4.51. The van der Waals surface area contributed by atoms with E-state index in [0.29, 0.717) is 6.54 Å². The molecule has 2 atom stereocenters. The van der Waals surface area contributed by atoms with Gasteiger partial charge in [-0.15, -0.1) is 0 Å². The van der Waals surface area contributed by atoms with Gasteiger partial charge in [-0.2, -0.15) is 17.6 Å². The summed E-state index contributed by atoms with van der Waals surface area (Å²) in [5.74, 6) is -0.976. The molecule has 0 aromatic heterocycles. The number of halogens is 4. The Bertz CT molecular complexity index is 597. The molecule has 3 rings (SSSR count). The summed E-state index contributed by atoms with van der Waals surface area (Å²) in [4.78, 5) is 14.6. The minimum Gasteiger partial charge on any atom is -0.427 e. The van der Waals surface area contributed by atoms with Gasteiger partial charge in [0.05, 0.1) is 5.56 Å². The molecule has 132 valence electrons. The highest BCUT2D eigenvalue weighted by atomic mass is 19.3. The number of ether oxygens (including phenoxy) is 1. The van der Waals surface area contributed by atoms with Gasteiger partial charge in [-0.1, -0.05) is 12.1 Å². The predicted molar refractivity (Wildman–Crippen MR) is 78.5 cm³/mol. The summed E-state index contributed by atoms with van der Waals surface area (Å²) in [6, 6.07) is 5.32. The van der Waals surface area contributed by atoms with Crippen molar-refractivity contribution in [2.75, 3.05) is 13.1 Å². The first-order valence-electron chi connectivity index (χ1n) is 7.87. The highest BCUT2D eigenvalue weighted by Gasteiger charge is 2.45. The van der Waals surface area contributed by atoms with Crippen LogP contribution in [0.1, 0.15) is 29.6 Å². The minimum absolute atomic E-state index is 0.0198. The summed E-state index contributed by atoms with van der Waals surface area (Å²) in [6.07, 6.45) is -6.15. The van der Waals surface area contributed by atoms with Gasteiger partial charge in [0.25, 0.3) is 5.91 Å². The number of fused-ring (bicyclic) bond motifs is 2. The normalized spacial score (nSPS) is 24.1. The molecule has 1 N–H and O–H groups in total. The average Bonchev–Trinajstić information content (AvgIpc) is 2.79. The van der Waals surface area contributed by atoms with E-state index in [1.807, 2.05) is 0 Å². The molecule has 2 heterocycles. The summed E-state index contributed by atoms with van der Waals surface area (Å²) in [6.45, 7) is 1.42. The van der Waals surface area contributed by atoms with Gasteiger partial charge in [-0.25, -0.2) is 0 Å². The van der Waals surface area contributed by atoms with Crippen molar-refractivity contribution in [2.24, 2.45) is 0 Å². The number of nitrogens with one attached hydrogen (secondary N) is 1. The lowest BCUT2D eigenvalue weighted by molar-refractivity contribution is -0.253. The molecule has 0 saturated carbocycles. The number of alkyl halides is 4. The van der Waals surface area contributed by atoms with Crippen molar-refractivity contribution in [3.8, 4) is 5.75 Å². The Morgan fingerprint density at radius 2 is 1.92 bits per heavy atom. The number of carbonyl (C=O) groups is 1. The molecule has 2 bridgehead atoms. The van der Waals surface area contributed by atoms with E-state index in [1.54, 1.807) is 4.90 Å². The van der Waals surface area contributed by atoms with Crippen LogP contribution in [0.2, 0.25) is 0 Å². The topological polar surface area (TPSA) is 41.6 Å². The number of rotatable bonds is 4. The fraction of sp³-hybridized carbons (Fsp3) is 0.562. The smallest absolute Gasteiger partial charge is 0.427 e. The Hall–Kier alpha value is -1.83. The quantitative estimate of drug-likeness (QED) is 0.853. The van der Waals surface area contributed by atoms with Crippen LogP contribution in [0.4, 0.5) is 17.6 Å². The Morgan fingerprint density at radius 1 is 1.21 bits per heavy atom. The van der Waals surface area contributed by atoms with E-state index >= 15 is 0 Å². The molecule has 24 heavy (non-hydrogen) atoms. The number of hydrogen-bond acceptors (Lipinski definition) is 3. The monoisotopic (exact) mass is 346 g/mol. The van der Waals surface area contributed by atoms with Crippen LogP contribution >= 0.6 is 0 Å². The minimum atomic E-state index is -4.64. The van der Waals surface area contributed by atoms with Gasteiger partial charge in [-0.05, 0) is 37.9 Å². The number of amides is 1. The number of hydrogen-bond donors (Lipinski definition) is 1. The Morgan fingerprint density at radius 3 is 2.67 bits per heavy atom. The summed E-state index contributed by atoms with van der Waals surface area (Å²) in [7, 11) is 0. The van der Waals surface area contributed by atoms with Crippen molar-refractivity contribution >= 4 is 5.91 Å². The molecule has 0 radical (unpaired) electrons. The first-order valence-corrected chi connectivity index (χ1v) is 7.87. The van der Waals surface area contributed by atoms with Gasteiger partial charge >= 0.3 is 12.5 Å². The second-order valence-electron chi connectivity index (χ2n) is 6.05. The highest BCUT2D eigenvalue weighted by molar-refractivity contribution is 5.97. The standard InChI is InChI=1S/C16H18F4N2O2/c17-15(18)16(19,20)24-13-4-2-1-3-12(13)14(23)22-10-5-6-11(22)9-21-8-7-10/h1-4,10-11,15,21H,5-9H2/t10-,11+/m0/s1. The predicted octanol–water partition coefficient (Wildman–Crippen LogP) is 2.89. The Labute approximate surface area is 136 Å². The Balaban J connectivity index is 1.88. The summed E-state index contributed by atoms with van der Waals surface area (Å²) in [5.41, 5.74) is -0.114. The molecule has 2 saturated heterocycles. The molecule has 0 spiro atoms. The molecule has 8 heteroatoms. The molecule has 2 fully saturated rings. The third-order valence-electron chi connectivity index (χ3n) is 4.51. The molecule has 1 aromatic carbocycles. The van der Waals surface area contributed by atoms with Crippen LogP contribution in [-0.4, -0.2) is 48.5 Å². The van der Waals surface area contributed by atoms with E-state index in [2.05, 4.69) is 10.1 Å². The summed E-state index contributed by atoms with van der Waals surface area (Å²) < 4.78 is 55.5. The maximum atomic E-state index is 13.2. The molecule has 4 nitrogen and oxygen atoms in total. The van der Waals surface area contributed by atoms with Crippen molar-refractivity contribution in [3.05, 3.63) is 29.8 Å². The van der Waals surface area contributed by atoms with Crippen LogP contribution in [-0.2, 0) is 0 Å². The Kier molecular flexibility index (Phi) is 4.67. The van der Waals surface area contributed by atoms with Crippen LogP contribution < -0.4 is 10.1 Å². The second-order valence-corrected chi connectivity index (χ2v) is 6.05. The van der Waals surface area contributed by atoms with E-state index < -0.39 is 24.2 Å². The van der Waals surface area contributed by atoms with Crippen LogP contribution in [0.25, 0.3) is 0 Å². The molecular formula is C16H18F4N2O2. The largest absolute Gasteiger partial charge is 0.461 e. The van der Waals surface area contributed by atoms with Gasteiger partial charge in [0.2, 0.25) is 0 Å². The highest BCUT2D eigenvalue weighted by Crippen LogP contribution is 2.34. The van der Waals surface area contributed by atoms with Crippen molar-refractivity contribution < 1.29 is 27.1 Å². The third kappa shape index (κ3) is 3.19. The lowest BCUT2D eigenvalue weighted by Gasteiger charge is -2.29. The van der Waals surface area contributed by atoms with Crippen molar-refractivity contribution in [1.29, 1.82) is 0 Å². The summed E-state index contributed by atoms with van der Waals surface area (Å²) in [5, 5.41) is 3.24. The number of carbonyl (C=O) groups excluding carboxylic acids is 1. The zero-order valence-electron chi connectivity index (χ0n) is 12.9. The molecule has 2 aliphatic rings. The van der Waals surface area contributed by atoms with Crippen molar-refractivity contribution in [2.45, 2.75) is 43.9 Å². The number of para-hydroxylation sites is 1. The fourth-order valence-corrected chi connectivity index (χ4v) is 3.38. The second kappa shape index (κ2) is 6.58. The van der Waals surface area contributed by atoms with Gasteiger partial charge in [-0.3, -0.25) is 4.79 Å². The molecular weight excluding hydrogens is 328 g/mol. The van der Waals surface area contributed by atoms with Crippen LogP contribution in [0.3, 0.4) is 0 Å². The maximum absolute atomic E-state index is 13.2. The van der Waals surface area contributed by atoms with E-state index in [1.165, 1.54) is 18.2 Å². The van der Waals surface area contributed by atoms with Gasteiger partial charge in [0.15, 0.2) is 0 Å². The number of benzene rings is 1. The van der Waals surface area contributed by atoms with Gasteiger partial charge in [0.1, 0.15) is 5.75 Å². The van der Waals surface area contributed by atoms with Crippen molar-refractivity contribution in [3.63, 3.8) is 0 Å². The lowest BCUT2D eigenvalue weighted by atomic mass is 10.1. The van der Waals surface area contributed by atoms with E-state index in [0.717, 1.165) is 31.9 Å². The zero-order valence-corrected chi connectivity index (χ0v) is 12.9. The molecule has 0 unspecified atom stereocenters. The summed E-state index contributed by atoms with van der Waals surface area (Å²) >= 11 is 0. The maximum Gasteiger partial charge on any atom is 0.461 e. The fourth-order valence-electron chi connectivity index (χ4n) is 3.38.